The summed E-state index contributed by atoms with van der Waals surface area (Å²) in [5, 5.41) is 0. The first-order chi connectivity index (χ1) is 30.6. The Kier molecular flexibility index (Phi) is 19.9. The summed E-state index contributed by atoms with van der Waals surface area (Å²) in [6.07, 6.45) is 15.5. The first-order valence-corrected chi connectivity index (χ1v) is 23.2. The Morgan fingerprint density at radius 1 is 0.339 bits per heavy atom. The fourth-order valence-electron chi connectivity index (χ4n) is 8.74. The summed E-state index contributed by atoms with van der Waals surface area (Å²) in [5.74, 6) is 18.3. The van der Waals surface area contributed by atoms with Crippen LogP contribution < -0.4 is 0 Å². The summed E-state index contributed by atoms with van der Waals surface area (Å²) in [6.45, 7) is 27.8. The lowest BCUT2D eigenvalue weighted by Gasteiger charge is -2.13. The van der Waals surface area contributed by atoms with Gasteiger partial charge >= 0.3 is 0 Å². The molecule has 0 aliphatic heterocycles. The maximum atomic E-state index is 5.77. The molecular formula is C62H68. The van der Waals surface area contributed by atoms with Crippen LogP contribution in [0.2, 0.25) is 0 Å². The number of rotatable bonds is 0. The van der Waals surface area contributed by atoms with Gasteiger partial charge in [0.15, 0.2) is 0 Å². The van der Waals surface area contributed by atoms with Crippen LogP contribution in [-0.4, -0.2) is 0 Å². The van der Waals surface area contributed by atoms with Gasteiger partial charge in [-0.25, -0.2) is 0 Å². The second-order valence-corrected chi connectivity index (χ2v) is 13.4. The summed E-state index contributed by atoms with van der Waals surface area (Å²) in [7, 11) is 0. The van der Waals surface area contributed by atoms with Gasteiger partial charge in [-0.1, -0.05) is 192 Å². The number of hydrogen-bond acceptors (Lipinski definition) is 0. The van der Waals surface area contributed by atoms with Crippen molar-refractivity contribution in [3.8, 4) is 92.9 Å². The monoisotopic (exact) mass is 813 g/mol. The smallest absolute Gasteiger partial charge is 0.0483 e. The second-order valence-electron chi connectivity index (χ2n) is 13.4. The molecule has 316 valence electrons. The fraction of sp³-hybridized carbons (Fsp3) is 0.290. The number of benzene rings is 6. The van der Waals surface area contributed by atoms with Crippen LogP contribution >= 0.6 is 0 Å². The number of fused-ring (bicyclic) bond motifs is 14. The van der Waals surface area contributed by atoms with Crippen molar-refractivity contribution in [3.05, 3.63) is 164 Å². The maximum absolute atomic E-state index is 5.77. The van der Waals surface area contributed by atoms with E-state index in [2.05, 4.69) is 120 Å². The standard InChI is InChI=1S/2C25H16.6C2H6/c1-3-7-21-16(4-2)10-11-18-14-19-12-13-22-20-9-6-5-8-17(20)15-23(22)25(19)24(18)21;1-3-7-21-16(4-2)10-11-19-15-20-13-12-18-14-17-8-5-6-9-22(17)24(18)25(20)23(19)21;6*1-2/h2*2,5-6,8-13H,14-15H2,1H3;6*1-2H3. The van der Waals surface area contributed by atoms with E-state index >= 15 is 0 Å². The minimum atomic E-state index is 0.893. The van der Waals surface area contributed by atoms with Crippen LogP contribution in [0.25, 0.3) is 44.5 Å². The molecule has 0 radical (unpaired) electrons. The first-order valence-electron chi connectivity index (χ1n) is 23.2. The van der Waals surface area contributed by atoms with Crippen LogP contribution in [0.15, 0.2) is 97.1 Å². The van der Waals surface area contributed by atoms with Crippen molar-refractivity contribution in [1.82, 2.24) is 0 Å². The molecule has 0 nitrogen and oxygen atoms in total. The molecule has 0 saturated carbocycles. The molecule has 0 aromatic heterocycles. The molecular weight excluding hydrogens is 745 g/mol. The Hall–Kier alpha value is -6.44. The van der Waals surface area contributed by atoms with Gasteiger partial charge in [0.25, 0.3) is 0 Å². The topological polar surface area (TPSA) is 0 Å². The van der Waals surface area contributed by atoms with Crippen molar-refractivity contribution in [3.63, 3.8) is 0 Å². The zero-order chi connectivity index (χ0) is 45.9. The zero-order valence-electron chi connectivity index (χ0n) is 40.2. The van der Waals surface area contributed by atoms with Gasteiger partial charge in [-0.2, -0.15) is 0 Å². The minimum Gasteiger partial charge on any atom is -0.115 e. The van der Waals surface area contributed by atoms with Crippen LogP contribution in [0.3, 0.4) is 0 Å². The molecule has 10 rings (SSSR count). The Morgan fingerprint density at radius 3 is 1.21 bits per heavy atom. The van der Waals surface area contributed by atoms with E-state index in [1.54, 1.807) is 0 Å². The van der Waals surface area contributed by atoms with E-state index in [4.69, 9.17) is 12.8 Å². The van der Waals surface area contributed by atoms with Crippen molar-refractivity contribution in [1.29, 1.82) is 0 Å². The van der Waals surface area contributed by atoms with Crippen LogP contribution in [0, 0.1) is 48.4 Å². The number of terminal acetylenes is 2. The summed E-state index contributed by atoms with van der Waals surface area (Å²) >= 11 is 0. The molecule has 4 aliphatic carbocycles. The third-order valence-electron chi connectivity index (χ3n) is 10.8. The van der Waals surface area contributed by atoms with Crippen molar-refractivity contribution in [2.45, 2.75) is 123 Å². The molecule has 0 heterocycles. The summed E-state index contributed by atoms with van der Waals surface area (Å²) in [4.78, 5) is 0. The van der Waals surface area contributed by atoms with Gasteiger partial charge < -0.3 is 0 Å². The maximum Gasteiger partial charge on any atom is 0.0483 e. The fourth-order valence-corrected chi connectivity index (χ4v) is 8.74. The van der Waals surface area contributed by atoms with Gasteiger partial charge in [-0.05, 0) is 130 Å². The molecule has 6 aromatic rings. The molecule has 0 saturated heterocycles. The SMILES string of the molecule is C#Cc1ccc2c(c1C#CC)-c1c(ccc3c1-c1ccccc1C3)C2.C#Cc1ccc2c(c1C#CC)-c1c(ccc3c1Cc1ccccc1-3)C2.CC.CC.CC.CC.CC.CC. The molecule has 0 spiro atoms. The molecule has 0 atom stereocenters. The lowest BCUT2D eigenvalue weighted by atomic mass is 9.90. The predicted octanol–water partition coefficient (Wildman–Crippen LogP) is 16.5. The van der Waals surface area contributed by atoms with Gasteiger partial charge in [0.05, 0.1) is 0 Å². The zero-order valence-corrected chi connectivity index (χ0v) is 40.2. The molecule has 6 aromatic carbocycles. The van der Waals surface area contributed by atoms with E-state index in [1.807, 2.05) is 109 Å². The van der Waals surface area contributed by atoms with Crippen LogP contribution in [0.4, 0.5) is 0 Å². The summed E-state index contributed by atoms with van der Waals surface area (Å²) in [6, 6.07) is 35.1. The largest absolute Gasteiger partial charge is 0.115 e. The molecule has 62 heavy (non-hydrogen) atoms. The van der Waals surface area contributed by atoms with Gasteiger partial charge in [0, 0.05) is 33.4 Å². The Morgan fingerprint density at radius 2 is 0.710 bits per heavy atom. The highest BCUT2D eigenvalue weighted by Crippen LogP contribution is 2.51. The van der Waals surface area contributed by atoms with E-state index < -0.39 is 0 Å². The normalized spacial score (nSPS) is 10.5. The Balaban J connectivity index is 0.000000267. The van der Waals surface area contributed by atoms with Crippen molar-refractivity contribution in [2.75, 3.05) is 0 Å². The van der Waals surface area contributed by atoms with Gasteiger partial charge in [0.2, 0.25) is 0 Å². The Labute approximate surface area is 377 Å². The molecule has 0 heteroatoms. The molecule has 0 N–H and O–H groups in total. The average Bonchev–Trinajstić information content (AvgIpc) is 4.13. The third kappa shape index (κ3) is 9.39. The minimum absolute atomic E-state index is 0.893. The van der Waals surface area contributed by atoms with Crippen molar-refractivity contribution >= 4 is 0 Å². The molecule has 4 aliphatic rings. The van der Waals surface area contributed by atoms with Crippen molar-refractivity contribution < 1.29 is 0 Å². The lowest BCUT2D eigenvalue weighted by molar-refractivity contribution is 1.23. The van der Waals surface area contributed by atoms with E-state index in [0.29, 0.717) is 0 Å². The Bertz CT molecular complexity index is 2690. The van der Waals surface area contributed by atoms with E-state index in [-0.39, 0.29) is 0 Å². The molecule has 0 fully saturated rings. The van der Waals surface area contributed by atoms with E-state index in [0.717, 1.165) is 47.9 Å². The van der Waals surface area contributed by atoms with Crippen LogP contribution in [0.1, 0.15) is 164 Å². The average molecular weight is 813 g/mol. The predicted molar refractivity (Wildman–Crippen MR) is 275 cm³/mol. The van der Waals surface area contributed by atoms with Gasteiger partial charge in [-0.15, -0.1) is 24.7 Å². The first kappa shape index (κ1) is 49.9. The van der Waals surface area contributed by atoms with Crippen LogP contribution in [-0.2, 0) is 25.7 Å². The molecule has 0 amide bonds. The summed E-state index contributed by atoms with van der Waals surface area (Å²) < 4.78 is 0. The van der Waals surface area contributed by atoms with Crippen LogP contribution in [0.5, 0.6) is 0 Å². The lowest BCUT2D eigenvalue weighted by Crippen LogP contribution is -1.94. The molecule has 0 bridgehead atoms. The van der Waals surface area contributed by atoms with Gasteiger partial charge in [-0.3, -0.25) is 0 Å². The highest BCUT2D eigenvalue weighted by atomic mass is 14.3. The van der Waals surface area contributed by atoms with E-state index in [9.17, 15) is 0 Å². The summed E-state index contributed by atoms with van der Waals surface area (Å²) in [5.41, 5.74) is 25.7. The second kappa shape index (κ2) is 24.7. The van der Waals surface area contributed by atoms with Gasteiger partial charge in [0.1, 0.15) is 0 Å². The highest BCUT2D eigenvalue weighted by Gasteiger charge is 2.32. The quantitative estimate of drug-likeness (QED) is 0.134. The highest BCUT2D eigenvalue weighted by molar-refractivity contribution is 5.98. The molecule has 0 unspecified atom stereocenters. The third-order valence-corrected chi connectivity index (χ3v) is 10.8. The van der Waals surface area contributed by atoms with Crippen molar-refractivity contribution in [2.24, 2.45) is 0 Å². The number of hydrogen-bond donors (Lipinski definition) is 0. The van der Waals surface area contributed by atoms with E-state index in [1.165, 1.54) is 89.0 Å².